The second kappa shape index (κ2) is 26.7. The number of rotatable bonds is 24. The van der Waals surface area contributed by atoms with E-state index in [-0.39, 0.29) is 6.42 Å². The maximum absolute atomic E-state index is 10.4. The molecular formula is C29H52O2. The van der Waals surface area contributed by atoms with E-state index in [0.29, 0.717) is 0 Å². The van der Waals surface area contributed by atoms with Crippen molar-refractivity contribution in [3.63, 3.8) is 0 Å². The van der Waals surface area contributed by atoms with Crippen LogP contribution in [-0.2, 0) is 4.79 Å². The number of aliphatic carboxylic acids is 1. The van der Waals surface area contributed by atoms with Crippen LogP contribution in [0.25, 0.3) is 0 Å². The Bertz CT molecular complexity index is 448. The molecule has 0 saturated carbocycles. The van der Waals surface area contributed by atoms with Crippen molar-refractivity contribution in [2.24, 2.45) is 0 Å². The lowest BCUT2D eigenvalue weighted by Gasteiger charge is -2.02. The van der Waals surface area contributed by atoms with Crippen LogP contribution in [0.1, 0.15) is 142 Å². The molecule has 0 aromatic rings. The fraction of sp³-hybridized carbons (Fsp3) is 0.759. The number of carbonyl (C=O) groups is 1. The van der Waals surface area contributed by atoms with Gasteiger partial charge >= 0.3 is 5.97 Å². The van der Waals surface area contributed by atoms with Crippen molar-refractivity contribution in [2.75, 3.05) is 0 Å². The molecule has 0 aromatic carbocycles. The number of unbranched alkanes of at least 4 members (excludes halogenated alkanes) is 16. The molecule has 0 aliphatic rings. The van der Waals surface area contributed by atoms with E-state index in [9.17, 15) is 4.79 Å². The Hall–Kier alpha value is -1.31. The summed E-state index contributed by atoms with van der Waals surface area (Å²) >= 11 is 0. The summed E-state index contributed by atoms with van der Waals surface area (Å²) in [6.45, 7) is 2.27. The summed E-state index contributed by atoms with van der Waals surface area (Å²) in [4.78, 5) is 10.4. The standard InChI is InChI=1S/C29H52O2/c1-2-3-4-5-6-7-8-9-10-11-12-13-14-15-16-17-18-19-20-21-22-23-24-25-26-27-28-29(30)31/h6-7,20-21,24-25H,2-5,8-19,22-23,26-28H2,1H3,(H,30,31). The molecule has 0 spiro atoms. The van der Waals surface area contributed by atoms with Gasteiger partial charge in [-0.05, 0) is 64.2 Å². The summed E-state index contributed by atoms with van der Waals surface area (Å²) < 4.78 is 0. The van der Waals surface area contributed by atoms with E-state index in [1.54, 1.807) is 0 Å². The van der Waals surface area contributed by atoms with Crippen LogP contribution in [0.5, 0.6) is 0 Å². The van der Waals surface area contributed by atoms with Crippen molar-refractivity contribution in [1.82, 2.24) is 0 Å². The number of allylic oxidation sites excluding steroid dienone is 6. The zero-order chi connectivity index (χ0) is 22.7. The van der Waals surface area contributed by atoms with Gasteiger partial charge in [-0.1, -0.05) is 108 Å². The molecule has 0 heterocycles. The molecule has 0 amide bonds. The summed E-state index contributed by atoms with van der Waals surface area (Å²) in [6.07, 6.45) is 39.6. The Morgan fingerprint density at radius 3 is 1.19 bits per heavy atom. The molecule has 0 rings (SSSR count). The van der Waals surface area contributed by atoms with E-state index < -0.39 is 5.97 Å². The van der Waals surface area contributed by atoms with Gasteiger partial charge in [-0.15, -0.1) is 0 Å². The molecule has 1 N–H and O–H groups in total. The summed E-state index contributed by atoms with van der Waals surface area (Å²) in [7, 11) is 0. The van der Waals surface area contributed by atoms with Crippen LogP contribution in [0.3, 0.4) is 0 Å². The van der Waals surface area contributed by atoms with Gasteiger partial charge in [-0.2, -0.15) is 0 Å². The van der Waals surface area contributed by atoms with Crippen molar-refractivity contribution < 1.29 is 9.90 Å². The van der Waals surface area contributed by atoms with Crippen LogP contribution in [0.15, 0.2) is 36.5 Å². The van der Waals surface area contributed by atoms with Crippen LogP contribution in [0, 0.1) is 0 Å². The highest BCUT2D eigenvalue weighted by Crippen LogP contribution is 2.12. The highest BCUT2D eigenvalue weighted by molar-refractivity contribution is 5.66. The maximum Gasteiger partial charge on any atom is 0.303 e. The van der Waals surface area contributed by atoms with Crippen LogP contribution in [0.4, 0.5) is 0 Å². The van der Waals surface area contributed by atoms with Gasteiger partial charge in [0.1, 0.15) is 0 Å². The van der Waals surface area contributed by atoms with Crippen molar-refractivity contribution >= 4 is 5.97 Å². The van der Waals surface area contributed by atoms with Crippen LogP contribution in [-0.4, -0.2) is 11.1 Å². The van der Waals surface area contributed by atoms with Crippen LogP contribution in [0.2, 0.25) is 0 Å². The monoisotopic (exact) mass is 432 g/mol. The van der Waals surface area contributed by atoms with E-state index in [1.165, 1.54) is 103 Å². The predicted octanol–water partition coefficient (Wildman–Crippen LogP) is 9.95. The summed E-state index contributed by atoms with van der Waals surface area (Å²) in [5, 5.41) is 8.57. The largest absolute Gasteiger partial charge is 0.481 e. The van der Waals surface area contributed by atoms with E-state index in [2.05, 4.69) is 43.4 Å². The zero-order valence-electron chi connectivity index (χ0n) is 20.7. The first-order chi connectivity index (χ1) is 15.3. The first-order valence-electron chi connectivity index (χ1n) is 13.4. The van der Waals surface area contributed by atoms with E-state index >= 15 is 0 Å². The molecule has 0 aliphatic carbocycles. The van der Waals surface area contributed by atoms with Crippen LogP contribution < -0.4 is 0 Å². The normalized spacial score (nSPS) is 12.0. The number of carboxylic acids is 1. The van der Waals surface area contributed by atoms with Crippen LogP contribution >= 0.6 is 0 Å². The van der Waals surface area contributed by atoms with Gasteiger partial charge < -0.3 is 5.11 Å². The van der Waals surface area contributed by atoms with Gasteiger partial charge in [0.15, 0.2) is 0 Å². The first-order valence-corrected chi connectivity index (χ1v) is 13.4. The van der Waals surface area contributed by atoms with Gasteiger partial charge in [0.05, 0.1) is 0 Å². The number of carboxylic acid groups (broad SMARTS) is 1. The summed E-state index contributed by atoms with van der Waals surface area (Å²) in [6, 6.07) is 0. The smallest absolute Gasteiger partial charge is 0.303 e. The van der Waals surface area contributed by atoms with Gasteiger partial charge in [0.25, 0.3) is 0 Å². The summed E-state index contributed by atoms with van der Waals surface area (Å²) in [5.41, 5.74) is 0. The van der Waals surface area contributed by atoms with Gasteiger partial charge in [0.2, 0.25) is 0 Å². The quantitative estimate of drug-likeness (QED) is 0.122. The molecule has 2 nitrogen and oxygen atoms in total. The fourth-order valence-electron chi connectivity index (χ4n) is 3.72. The molecule has 2 heteroatoms. The lowest BCUT2D eigenvalue weighted by molar-refractivity contribution is -0.137. The topological polar surface area (TPSA) is 37.3 Å². The molecule has 0 saturated heterocycles. The van der Waals surface area contributed by atoms with Crippen molar-refractivity contribution in [3.05, 3.63) is 36.5 Å². The SMILES string of the molecule is CCCCCC=CCCCCCCCCCCCCC=CCCC=CCCCC(=O)O. The molecular weight excluding hydrogens is 380 g/mol. The lowest BCUT2D eigenvalue weighted by atomic mass is 10.0. The predicted molar refractivity (Wildman–Crippen MR) is 138 cm³/mol. The Balaban J connectivity index is 3.17. The molecule has 0 aromatic heterocycles. The Labute approximate surface area is 194 Å². The van der Waals surface area contributed by atoms with E-state index in [4.69, 9.17) is 5.11 Å². The van der Waals surface area contributed by atoms with E-state index in [1.807, 2.05) is 0 Å². The molecule has 0 aliphatic heterocycles. The third-order valence-corrected chi connectivity index (χ3v) is 5.73. The third-order valence-electron chi connectivity index (χ3n) is 5.73. The Morgan fingerprint density at radius 1 is 0.484 bits per heavy atom. The Morgan fingerprint density at radius 2 is 0.806 bits per heavy atom. The minimum Gasteiger partial charge on any atom is -0.481 e. The van der Waals surface area contributed by atoms with Gasteiger partial charge in [-0.25, -0.2) is 0 Å². The first kappa shape index (κ1) is 29.7. The average Bonchev–Trinajstić information content (AvgIpc) is 2.76. The third kappa shape index (κ3) is 28.7. The van der Waals surface area contributed by atoms with Crippen molar-refractivity contribution in [3.8, 4) is 0 Å². The summed E-state index contributed by atoms with van der Waals surface area (Å²) in [5.74, 6) is -0.696. The van der Waals surface area contributed by atoms with Crippen molar-refractivity contribution in [1.29, 1.82) is 0 Å². The minimum absolute atomic E-state index is 0.279. The average molecular weight is 433 g/mol. The zero-order valence-corrected chi connectivity index (χ0v) is 20.7. The second-order valence-corrected chi connectivity index (χ2v) is 8.89. The number of hydrogen-bond donors (Lipinski definition) is 1. The van der Waals surface area contributed by atoms with Gasteiger partial charge in [0, 0.05) is 6.42 Å². The molecule has 0 bridgehead atoms. The van der Waals surface area contributed by atoms with E-state index in [0.717, 1.165) is 25.7 Å². The lowest BCUT2D eigenvalue weighted by Crippen LogP contribution is -1.92. The molecule has 0 unspecified atom stereocenters. The highest BCUT2D eigenvalue weighted by atomic mass is 16.4. The Kier molecular flexibility index (Phi) is 25.6. The number of hydrogen-bond acceptors (Lipinski definition) is 1. The van der Waals surface area contributed by atoms with Crippen molar-refractivity contribution in [2.45, 2.75) is 142 Å². The fourth-order valence-corrected chi connectivity index (χ4v) is 3.72. The molecule has 0 atom stereocenters. The molecule has 0 fully saturated rings. The second-order valence-electron chi connectivity index (χ2n) is 8.89. The molecule has 31 heavy (non-hydrogen) atoms. The molecule has 180 valence electrons. The van der Waals surface area contributed by atoms with Gasteiger partial charge in [-0.3, -0.25) is 4.79 Å². The maximum atomic E-state index is 10.4. The highest BCUT2D eigenvalue weighted by Gasteiger charge is 1.94. The minimum atomic E-state index is -0.696. The molecule has 0 radical (unpaired) electrons.